The Labute approximate surface area is 85.5 Å². The molecule has 0 aliphatic rings. The van der Waals surface area contributed by atoms with Crippen molar-refractivity contribution in [3.8, 4) is 11.8 Å². The van der Waals surface area contributed by atoms with Crippen LogP contribution < -0.4 is 5.32 Å². The van der Waals surface area contributed by atoms with Gasteiger partial charge in [0.1, 0.15) is 0 Å². The van der Waals surface area contributed by atoms with Crippen LogP contribution in [0.3, 0.4) is 0 Å². The lowest BCUT2D eigenvalue weighted by Gasteiger charge is -2.02. The Kier molecular flexibility index (Phi) is 4.21. The summed E-state index contributed by atoms with van der Waals surface area (Å²) in [6.07, 6.45) is 3.80. The molecule has 0 aliphatic heterocycles. The van der Waals surface area contributed by atoms with Crippen molar-refractivity contribution >= 4 is 0 Å². The zero-order valence-corrected chi connectivity index (χ0v) is 9.04. The summed E-state index contributed by atoms with van der Waals surface area (Å²) in [5, 5.41) is 7.20. The predicted molar refractivity (Wildman–Crippen MR) is 57.9 cm³/mol. The first-order valence-electron chi connectivity index (χ1n) is 4.88. The van der Waals surface area contributed by atoms with Gasteiger partial charge < -0.3 is 5.32 Å². The second kappa shape index (κ2) is 5.46. The average molecular weight is 191 g/mol. The van der Waals surface area contributed by atoms with E-state index in [1.54, 1.807) is 0 Å². The summed E-state index contributed by atoms with van der Waals surface area (Å²) in [4.78, 5) is 0. The number of nitrogens with zero attached hydrogens (tertiary/aromatic N) is 2. The summed E-state index contributed by atoms with van der Waals surface area (Å²) in [6, 6.07) is 0. The fourth-order valence-corrected chi connectivity index (χ4v) is 1.14. The Morgan fingerprint density at radius 3 is 3.00 bits per heavy atom. The maximum absolute atomic E-state index is 4.23. The molecule has 76 valence electrons. The molecule has 0 bridgehead atoms. The van der Waals surface area contributed by atoms with Crippen molar-refractivity contribution in [1.29, 1.82) is 0 Å². The Bertz CT molecular complexity index is 328. The number of nitrogens with one attached hydrogen (secondary N) is 1. The maximum Gasteiger partial charge on any atom is 0.0646 e. The van der Waals surface area contributed by atoms with E-state index in [0.717, 1.165) is 18.7 Å². The molecule has 0 fully saturated rings. The molecular weight excluding hydrogens is 174 g/mol. The van der Waals surface area contributed by atoms with E-state index in [-0.39, 0.29) is 0 Å². The molecule has 0 radical (unpaired) electrons. The van der Waals surface area contributed by atoms with E-state index >= 15 is 0 Å². The lowest BCUT2D eigenvalue weighted by Crippen LogP contribution is -2.04. The predicted octanol–water partition coefficient (Wildman–Crippen LogP) is 1.11. The van der Waals surface area contributed by atoms with E-state index in [0.29, 0.717) is 5.92 Å². The molecule has 1 aromatic heterocycles. The lowest BCUT2D eigenvalue weighted by atomic mass is 10.2. The van der Waals surface area contributed by atoms with Gasteiger partial charge in [-0.1, -0.05) is 25.7 Å². The molecule has 0 aromatic carbocycles. The molecule has 0 amide bonds. The van der Waals surface area contributed by atoms with E-state index in [4.69, 9.17) is 0 Å². The summed E-state index contributed by atoms with van der Waals surface area (Å²) >= 11 is 0. The Hall–Kier alpha value is -1.27. The fraction of sp³-hybridized carbons (Fsp3) is 0.545. The average Bonchev–Trinajstić information content (AvgIpc) is 2.52. The monoisotopic (exact) mass is 191 g/mol. The molecule has 0 unspecified atom stereocenters. The summed E-state index contributed by atoms with van der Waals surface area (Å²) in [5.74, 6) is 6.67. The summed E-state index contributed by atoms with van der Waals surface area (Å²) < 4.78 is 1.94. The van der Waals surface area contributed by atoms with Gasteiger partial charge in [-0.25, -0.2) is 0 Å². The smallest absolute Gasteiger partial charge is 0.0646 e. The highest BCUT2D eigenvalue weighted by Crippen LogP contribution is 2.00. The quantitative estimate of drug-likeness (QED) is 0.725. The summed E-state index contributed by atoms with van der Waals surface area (Å²) in [7, 11) is 1.89. The van der Waals surface area contributed by atoms with Crippen LogP contribution in [0.5, 0.6) is 0 Å². The van der Waals surface area contributed by atoms with E-state index in [9.17, 15) is 0 Å². The zero-order valence-electron chi connectivity index (χ0n) is 9.04. The van der Waals surface area contributed by atoms with Crippen LogP contribution >= 0.6 is 0 Å². The molecule has 0 saturated heterocycles. The van der Waals surface area contributed by atoms with Gasteiger partial charge in [-0.3, -0.25) is 4.68 Å². The third-order valence-electron chi connectivity index (χ3n) is 1.68. The third-order valence-corrected chi connectivity index (χ3v) is 1.68. The van der Waals surface area contributed by atoms with Gasteiger partial charge in [0.25, 0.3) is 0 Å². The molecular formula is C11H17N3. The van der Waals surface area contributed by atoms with Crippen LogP contribution in [-0.4, -0.2) is 23.4 Å². The minimum absolute atomic E-state index is 0.619. The van der Waals surface area contributed by atoms with Crippen molar-refractivity contribution in [2.24, 2.45) is 5.92 Å². The number of hydrogen-bond acceptors (Lipinski definition) is 2. The molecule has 1 rings (SSSR count). The van der Waals surface area contributed by atoms with Gasteiger partial charge in [0.05, 0.1) is 18.3 Å². The van der Waals surface area contributed by atoms with Crippen LogP contribution in [-0.2, 0) is 6.54 Å². The van der Waals surface area contributed by atoms with Crippen LogP contribution in [0.25, 0.3) is 0 Å². The van der Waals surface area contributed by atoms with Crippen LogP contribution in [0.4, 0.5) is 0 Å². The molecule has 1 heterocycles. The van der Waals surface area contributed by atoms with Gasteiger partial charge >= 0.3 is 0 Å². The maximum atomic E-state index is 4.23. The van der Waals surface area contributed by atoms with Crippen molar-refractivity contribution in [2.75, 3.05) is 13.6 Å². The van der Waals surface area contributed by atoms with Gasteiger partial charge in [0.2, 0.25) is 0 Å². The highest BCUT2D eigenvalue weighted by Gasteiger charge is 1.97. The molecule has 0 aliphatic carbocycles. The van der Waals surface area contributed by atoms with E-state index < -0.39 is 0 Å². The van der Waals surface area contributed by atoms with Crippen LogP contribution in [0, 0.1) is 17.8 Å². The second-order valence-electron chi connectivity index (χ2n) is 3.68. The topological polar surface area (TPSA) is 29.9 Å². The van der Waals surface area contributed by atoms with E-state index in [1.165, 1.54) is 0 Å². The highest BCUT2D eigenvalue weighted by molar-refractivity contribution is 5.29. The summed E-state index contributed by atoms with van der Waals surface area (Å²) in [6.45, 7) is 6.02. The second-order valence-corrected chi connectivity index (χ2v) is 3.68. The Morgan fingerprint density at radius 1 is 1.57 bits per heavy atom. The zero-order chi connectivity index (χ0) is 10.4. The van der Waals surface area contributed by atoms with E-state index in [2.05, 4.69) is 36.1 Å². The molecule has 1 aromatic rings. The molecule has 0 spiro atoms. The number of hydrogen-bond donors (Lipinski definition) is 1. The van der Waals surface area contributed by atoms with Crippen molar-refractivity contribution in [3.63, 3.8) is 0 Å². The van der Waals surface area contributed by atoms with Gasteiger partial charge in [-0.2, -0.15) is 5.10 Å². The fourth-order valence-electron chi connectivity index (χ4n) is 1.14. The standard InChI is InChI=1S/C11H17N3/c1-10(2)8-14-9-11(7-13-14)5-4-6-12-3/h7,9-10,12H,6,8H2,1-3H3. The number of rotatable bonds is 3. The highest BCUT2D eigenvalue weighted by atomic mass is 15.3. The van der Waals surface area contributed by atoms with Gasteiger partial charge in [-0.15, -0.1) is 0 Å². The first-order valence-corrected chi connectivity index (χ1v) is 4.88. The van der Waals surface area contributed by atoms with Gasteiger partial charge in [0, 0.05) is 12.7 Å². The SMILES string of the molecule is CNCC#Cc1cnn(CC(C)C)c1. The third kappa shape index (κ3) is 3.63. The molecule has 3 nitrogen and oxygen atoms in total. The molecule has 0 atom stereocenters. The normalized spacial score (nSPS) is 10.0. The lowest BCUT2D eigenvalue weighted by molar-refractivity contribution is 0.483. The van der Waals surface area contributed by atoms with Crippen molar-refractivity contribution in [2.45, 2.75) is 20.4 Å². The molecule has 1 N–H and O–H groups in total. The largest absolute Gasteiger partial charge is 0.309 e. The minimum atomic E-state index is 0.619. The Morgan fingerprint density at radius 2 is 2.36 bits per heavy atom. The molecule has 3 heteroatoms. The summed E-state index contributed by atoms with van der Waals surface area (Å²) in [5.41, 5.74) is 0.987. The van der Waals surface area contributed by atoms with Crippen LogP contribution in [0.2, 0.25) is 0 Å². The first kappa shape index (κ1) is 10.8. The minimum Gasteiger partial charge on any atom is -0.309 e. The molecule has 0 saturated carbocycles. The van der Waals surface area contributed by atoms with E-state index in [1.807, 2.05) is 24.1 Å². The van der Waals surface area contributed by atoms with Crippen LogP contribution in [0.15, 0.2) is 12.4 Å². The van der Waals surface area contributed by atoms with Gasteiger partial charge in [-0.05, 0) is 13.0 Å². The van der Waals surface area contributed by atoms with Crippen molar-refractivity contribution in [3.05, 3.63) is 18.0 Å². The van der Waals surface area contributed by atoms with Crippen molar-refractivity contribution < 1.29 is 0 Å². The van der Waals surface area contributed by atoms with Gasteiger partial charge in [0.15, 0.2) is 0 Å². The Balaban J connectivity index is 2.56. The molecule has 14 heavy (non-hydrogen) atoms. The van der Waals surface area contributed by atoms with Crippen LogP contribution in [0.1, 0.15) is 19.4 Å². The number of aromatic nitrogens is 2. The first-order chi connectivity index (χ1) is 6.72. The van der Waals surface area contributed by atoms with Crippen molar-refractivity contribution in [1.82, 2.24) is 15.1 Å².